The molecule has 4 rings (SSSR count). The molecule has 1 aliphatic carbocycles. The molecule has 1 spiro atoms. The fraction of sp³-hybridized carbons (Fsp3) is 0.680. The van der Waals surface area contributed by atoms with Crippen molar-refractivity contribution in [1.29, 1.82) is 0 Å². The lowest BCUT2D eigenvalue weighted by molar-refractivity contribution is -0.193. The third kappa shape index (κ3) is 10.4. The molecule has 0 bridgehead atoms. The fourth-order valence-corrected chi connectivity index (χ4v) is 4.95. The van der Waals surface area contributed by atoms with Gasteiger partial charge in [-0.3, -0.25) is 0 Å². The first kappa shape index (κ1) is 31.8. The second-order valence-electron chi connectivity index (χ2n) is 10.0. The van der Waals surface area contributed by atoms with Crippen LogP contribution in [0.2, 0.25) is 0 Å². The summed E-state index contributed by atoms with van der Waals surface area (Å²) in [6, 6.07) is 10.9. The highest BCUT2D eigenvalue weighted by Gasteiger charge is 2.50. The molecule has 0 amide bonds. The van der Waals surface area contributed by atoms with Crippen LogP contribution in [0.1, 0.15) is 24.8 Å². The summed E-state index contributed by atoms with van der Waals surface area (Å²) >= 11 is 0. The Morgan fingerprint density at radius 3 is 1.97 bits per heavy atom. The standard InChI is InChI=1S/C21H32N2O.2C2HF3O2/c1-24-15-20-14-23(13-19-7-8-19)17-21(20)10-12-22(16-21)11-9-18-5-3-2-4-6-18;2*3-2(4,5)1(6)7/h2-6,19-20H,7-17H2,1H3;2*(H,6,7)/t20-,21-;;/m0../s1. The number of halogens is 6. The Morgan fingerprint density at radius 2 is 1.50 bits per heavy atom. The van der Waals surface area contributed by atoms with Gasteiger partial charge >= 0.3 is 24.3 Å². The fourth-order valence-electron chi connectivity index (χ4n) is 4.95. The number of rotatable bonds is 7. The zero-order valence-corrected chi connectivity index (χ0v) is 21.1. The second-order valence-corrected chi connectivity index (χ2v) is 10.0. The first-order valence-electron chi connectivity index (χ1n) is 12.2. The average Bonchev–Trinajstić information content (AvgIpc) is 3.45. The molecule has 13 heteroatoms. The molecular formula is C25H34F6N2O5. The summed E-state index contributed by atoms with van der Waals surface area (Å²) in [5.41, 5.74) is 1.95. The number of hydrogen-bond donors (Lipinski definition) is 2. The van der Waals surface area contributed by atoms with Gasteiger partial charge in [-0.05, 0) is 43.7 Å². The van der Waals surface area contributed by atoms with Gasteiger partial charge in [-0.15, -0.1) is 0 Å². The number of methoxy groups -OCH3 is 1. The predicted molar refractivity (Wildman–Crippen MR) is 126 cm³/mol. The summed E-state index contributed by atoms with van der Waals surface area (Å²) < 4.78 is 69.1. The molecule has 7 nitrogen and oxygen atoms in total. The summed E-state index contributed by atoms with van der Waals surface area (Å²) in [5.74, 6) is -3.79. The van der Waals surface area contributed by atoms with Crippen molar-refractivity contribution in [3.05, 3.63) is 35.9 Å². The van der Waals surface area contributed by atoms with Gasteiger partial charge in [0.15, 0.2) is 0 Å². The van der Waals surface area contributed by atoms with E-state index < -0.39 is 24.3 Å². The Balaban J connectivity index is 0.000000301. The lowest BCUT2D eigenvalue weighted by Crippen LogP contribution is -2.36. The molecule has 38 heavy (non-hydrogen) atoms. The third-order valence-electron chi connectivity index (χ3n) is 6.97. The molecule has 3 aliphatic rings. The second kappa shape index (κ2) is 13.6. The summed E-state index contributed by atoms with van der Waals surface area (Å²) in [7, 11) is 1.87. The van der Waals surface area contributed by atoms with Crippen LogP contribution in [0.25, 0.3) is 0 Å². The summed E-state index contributed by atoms with van der Waals surface area (Å²) in [6.45, 7) is 8.59. The van der Waals surface area contributed by atoms with Crippen LogP contribution in [0.4, 0.5) is 26.3 Å². The summed E-state index contributed by atoms with van der Waals surface area (Å²) in [5, 5.41) is 14.2. The summed E-state index contributed by atoms with van der Waals surface area (Å²) in [4.78, 5) is 23.2. The molecule has 2 atom stereocenters. The normalized spacial score (nSPS) is 23.9. The van der Waals surface area contributed by atoms with E-state index in [9.17, 15) is 26.3 Å². The number of carboxylic acids is 2. The van der Waals surface area contributed by atoms with Crippen LogP contribution >= 0.6 is 0 Å². The van der Waals surface area contributed by atoms with Crippen LogP contribution < -0.4 is 0 Å². The number of carboxylic acid groups (broad SMARTS) is 2. The van der Waals surface area contributed by atoms with Crippen molar-refractivity contribution in [1.82, 2.24) is 9.80 Å². The first-order valence-corrected chi connectivity index (χ1v) is 12.2. The highest BCUT2D eigenvalue weighted by atomic mass is 19.4. The van der Waals surface area contributed by atoms with Gasteiger partial charge < -0.3 is 24.7 Å². The SMILES string of the molecule is COC[C@@H]1CN(CC2CC2)C[C@@]12CCN(CCc1ccccc1)C2.O=C(O)C(F)(F)F.O=C(O)C(F)(F)F. The molecule has 1 aromatic rings. The smallest absolute Gasteiger partial charge is 0.475 e. The molecule has 3 fully saturated rings. The minimum Gasteiger partial charge on any atom is -0.475 e. The van der Waals surface area contributed by atoms with E-state index in [1.54, 1.807) is 0 Å². The van der Waals surface area contributed by atoms with Gasteiger partial charge in [0.2, 0.25) is 0 Å². The maximum Gasteiger partial charge on any atom is 0.490 e. The van der Waals surface area contributed by atoms with E-state index in [4.69, 9.17) is 24.5 Å². The number of carbonyl (C=O) groups is 2. The topological polar surface area (TPSA) is 90.3 Å². The molecule has 216 valence electrons. The van der Waals surface area contributed by atoms with Crippen molar-refractivity contribution in [3.63, 3.8) is 0 Å². The van der Waals surface area contributed by atoms with E-state index in [0.29, 0.717) is 5.41 Å². The van der Waals surface area contributed by atoms with Gasteiger partial charge in [-0.2, -0.15) is 26.3 Å². The Kier molecular flexibility index (Phi) is 11.4. The van der Waals surface area contributed by atoms with Gasteiger partial charge in [-0.1, -0.05) is 30.3 Å². The molecule has 0 aromatic heterocycles. The van der Waals surface area contributed by atoms with Crippen LogP contribution in [0.3, 0.4) is 0 Å². The lowest BCUT2D eigenvalue weighted by atomic mass is 9.77. The maximum atomic E-state index is 10.6. The zero-order valence-electron chi connectivity index (χ0n) is 21.1. The van der Waals surface area contributed by atoms with Gasteiger partial charge in [0.1, 0.15) is 0 Å². The molecular weight excluding hydrogens is 522 g/mol. The average molecular weight is 557 g/mol. The van der Waals surface area contributed by atoms with E-state index in [-0.39, 0.29) is 0 Å². The molecule has 2 saturated heterocycles. The number of nitrogens with zero attached hydrogens (tertiary/aromatic N) is 2. The molecule has 1 saturated carbocycles. The molecule has 2 heterocycles. The predicted octanol–water partition coefficient (Wildman–Crippen LogP) is 4.18. The Morgan fingerprint density at radius 1 is 0.974 bits per heavy atom. The minimum absolute atomic E-state index is 0.488. The van der Waals surface area contributed by atoms with Crippen LogP contribution in [0, 0.1) is 17.3 Å². The largest absolute Gasteiger partial charge is 0.490 e. The first-order chi connectivity index (χ1) is 17.7. The van der Waals surface area contributed by atoms with Gasteiger partial charge in [0.25, 0.3) is 0 Å². The number of alkyl halides is 6. The lowest BCUT2D eigenvalue weighted by Gasteiger charge is -2.30. The van der Waals surface area contributed by atoms with Crippen molar-refractivity contribution < 1.29 is 50.9 Å². The van der Waals surface area contributed by atoms with Crippen molar-refractivity contribution in [2.45, 2.75) is 38.0 Å². The van der Waals surface area contributed by atoms with Crippen LogP contribution in [0.15, 0.2) is 30.3 Å². The van der Waals surface area contributed by atoms with Crippen molar-refractivity contribution in [2.75, 3.05) is 53.0 Å². The number of aliphatic carboxylic acids is 2. The van der Waals surface area contributed by atoms with Crippen LogP contribution in [-0.2, 0) is 20.7 Å². The number of benzene rings is 1. The molecule has 2 aliphatic heterocycles. The van der Waals surface area contributed by atoms with E-state index in [2.05, 4.69) is 40.1 Å². The highest BCUT2D eigenvalue weighted by Crippen LogP contribution is 2.45. The van der Waals surface area contributed by atoms with E-state index >= 15 is 0 Å². The maximum absolute atomic E-state index is 10.6. The number of likely N-dealkylation sites (tertiary alicyclic amines) is 2. The number of hydrogen-bond acceptors (Lipinski definition) is 5. The zero-order chi connectivity index (χ0) is 28.6. The Labute approximate surface area is 217 Å². The Bertz CT molecular complexity index is 870. The quantitative estimate of drug-likeness (QED) is 0.487. The minimum atomic E-state index is -5.08. The van der Waals surface area contributed by atoms with Crippen LogP contribution in [-0.4, -0.2) is 97.3 Å². The Hall–Kier alpha value is -2.38. The third-order valence-corrected chi connectivity index (χ3v) is 6.97. The van der Waals surface area contributed by atoms with E-state index in [1.807, 2.05) is 7.11 Å². The van der Waals surface area contributed by atoms with Gasteiger partial charge in [-0.25, -0.2) is 9.59 Å². The van der Waals surface area contributed by atoms with Crippen LogP contribution in [0.5, 0.6) is 0 Å². The summed E-state index contributed by atoms with van der Waals surface area (Å²) in [6.07, 6.45) is -4.71. The van der Waals surface area contributed by atoms with E-state index in [1.165, 1.54) is 70.5 Å². The molecule has 2 N–H and O–H groups in total. The molecule has 0 unspecified atom stereocenters. The van der Waals surface area contributed by atoms with Crippen molar-refractivity contribution in [3.8, 4) is 0 Å². The monoisotopic (exact) mass is 556 g/mol. The molecule has 0 radical (unpaired) electrons. The molecule has 1 aromatic carbocycles. The van der Waals surface area contributed by atoms with Crippen molar-refractivity contribution in [2.24, 2.45) is 17.3 Å². The van der Waals surface area contributed by atoms with Gasteiger partial charge in [0, 0.05) is 51.2 Å². The van der Waals surface area contributed by atoms with Gasteiger partial charge in [0.05, 0.1) is 6.61 Å². The number of ether oxygens (including phenoxy) is 1. The van der Waals surface area contributed by atoms with E-state index in [0.717, 1.165) is 18.4 Å². The highest BCUT2D eigenvalue weighted by molar-refractivity contribution is 5.73. The van der Waals surface area contributed by atoms with Crippen molar-refractivity contribution >= 4 is 11.9 Å².